The second-order valence-corrected chi connectivity index (χ2v) is 4.07. The zero-order valence-corrected chi connectivity index (χ0v) is 11.2. The number of hydrogen-bond acceptors (Lipinski definition) is 0. The second kappa shape index (κ2) is 6.90. The van der Waals surface area contributed by atoms with Gasteiger partial charge in [-0.25, -0.2) is 0 Å². The van der Waals surface area contributed by atoms with E-state index < -0.39 is 0 Å². The first-order valence-corrected chi connectivity index (χ1v) is 6.33. The van der Waals surface area contributed by atoms with Crippen molar-refractivity contribution in [2.45, 2.75) is 33.6 Å². The van der Waals surface area contributed by atoms with Crippen LogP contribution in [0.15, 0.2) is 54.6 Å². The van der Waals surface area contributed by atoms with Crippen LogP contribution in [0, 0.1) is 0 Å². The maximum atomic E-state index is 3.85. The van der Waals surface area contributed by atoms with Gasteiger partial charge in [0.25, 0.3) is 0 Å². The van der Waals surface area contributed by atoms with Gasteiger partial charge in [0.2, 0.25) is 0 Å². The number of benzene rings is 1. The van der Waals surface area contributed by atoms with Gasteiger partial charge < -0.3 is 0 Å². The molecule has 0 N–H and O–H groups in total. The molecule has 1 aromatic carbocycles. The van der Waals surface area contributed by atoms with E-state index in [0.29, 0.717) is 0 Å². The molecule has 90 valence electrons. The lowest BCUT2D eigenvalue weighted by molar-refractivity contribution is 1.14. The van der Waals surface area contributed by atoms with Crippen LogP contribution in [0.3, 0.4) is 0 Å². The molecule has 0 radical (unpaired) electrons. The SMILES string of the molecule is C=C/C(=C\C(=C/C)c1cccc(CC)c1)CC. The minimum Gasteiger partial charge on any atom is -0.0988 e. The van der Waals surface area contributed by atoms with Crippen molar-refractivity contribution >= 4 is 5.57 Å². The molecule has 0 aliphatic rings. The van der Waals surface area contributed by atoms with Gasteiger partial charge in [-0.05, 0) is 42.0 Å². The Hall–Kier alpha value is -1.56. The van der Waals surface area contributed by atoms with E-state index in [1.54, 1.807) is 0 Å². The summed E-state index contributed by atoms with van der Waals surface area (Å²) in [6.45, 7) is 10.3. The largest absolute Gasteiger partial charge is 0.0988 e. The Bertz CT molecular complexity index is 433. The predicted octanol–water partition coefficient (Wildman–Crippen LogP) is 5.17. The Morgan fingerprint density at radius 3 is 2.59 bits per heavy atom. The maximum Gasteiger partial charge on any atom is -0.0185 e. The Morgan fingerprint density at radius 1 is 1.29 bits per heavy atom. The summed E-state index contributed by atoms with van der Waals surface area (Å²) in [6, 6.07) is 8.74. The van der Waals surface area contributed by atoms with Crippen molar-refractivity contribution in [3.05, 3.63) is 65.8 Å². The average Bonchev–Trinajstić information content (AvgIpc) is 2.40. The molecule has 0 bridgehead atoms. The van der Waals surface area contributed by atoms with Crippen molar-refractivity contribution in [1.82, 2.24) is 0 Å². The van der Waals surface area contributed by atoms with Crippen LogP contribution >= 0.6 is 0 Å². The van der Waals surface area contributed by atoms with Gasteiger partial charge in [0.1, 0.15) is 0 Å². The lowest BCUT2D eigenvalue weighted by Crippen LogP contribution is -1.86. The van der Waals surface area contributed by atoms with E-state index in [0.717, 1.165) is 12.8 Å². The van der Waals surface area contributed by atoms with Crippen LogP contribution in [-0.2, 0) is 6.42 Å². The van der Waals surface area contributed by atoms with E-state index in [-0.39, 0.29) is 0 Å². The molecule has 1 aromatic rings. The molecule has 0 spiro atoms. The van der Waals surface area contributed by atoms with E-state index in [2.05, 4.69) is 63.8 Å². The Labute approximate surface area is 105 Å². The lowest BCUT2D eigenvalue weighted by atomic mass is 9.99. The van der Waals surface area contributed by atoms with E-state index in [1.807, 2.05) is 6.08 Å². The molecule has 0 unspecified atom stereocenters. The molecule has 0 atom stereocenters. The third kappa shape index (κ3) is 3.74. The Morgan fingerprint density at radius 2 is 2.06 bits per heavy atom. The summed E-state index contributed by atoms with van der Waals surface area (Å²) in [5.41, 5.74) is 5.23. The molecule has 0 heteroatoms. The third-order valence-corrected chi connectivity index (χ3v) is 2.99. The van der Waals surface area contributed by atoms with Crippen molar-refractivity contribution in [1.29, 1.82) is 0 Å². The fraction of sp³-hybridized carbons (Fsp3) is 0.294. The van der Waals surface area contributed by atoms with Crippen LogP contribution < -0.4 is 0 Å². The molecule has 17 heavy (non-hydrogen) atoms. The fourth-order valence-electron chi connectivity index (χ4n) is 1.81. The molecular formula is C17H22. The van der Waals surface area contributed by atoms with Gasteiger partial charge in [0, 0.05) is 0 Å². The molecule has 1 rings (SSSR count). The summed E-state index contributed by atoms with van der Waals surface area (Å²) in [5.74, 6) is 0. The van der Waals surface area contributed by atoms with Crippen LogP contribution in [-0.4, -0.2) is 0 Å². The topological polar surface area (TPSA) is 0 Å². The molecule has 0 saturated carbocycles. The molecular weight excluding hydrogens is 204 g/mol. The summed E-state index contributed by atoms with van der Waals surface area (Å²) in [7, 11) is 0. The maximum absolute atomic E-state index is 3.85. The smallest absolute Gasteiger partial charge is 0.0185 e. The summed E-state index contributed by atoms with van der Waals surface area (Å²) in [4.78, 5) is 0. The number of allylic oxidation sites excluding steroid dienone is 5. The Kier molecular flexibility index (Phi) is 5.48. The highest BCUT2D eigenvalue weighted by molar-refractivity contribution is 5.75. The monoisotopic (exact) mass is 226 g/mol. The molecule has 0 fully saturated rings. The normalized spacial score (nSPS) is 12.6. The van der Waals surface area contributed by atoms with Crippen molar-refractivity contribution < 1.29 is 0 Å². The highest BCUT2D eigenvalue weighted by atomic mass is 14.0. The quantitative estimate of drug-likeness (QED) is 0.607. The molecule has 0 nitrogen and oxygen atoms in total. The average molecular weight is 226 g/mol. The summed E-state index contributed by atoms with van der Waals surface area (Å²) in [5, 5.41) is 0. The van der Waals surface area contributed by atoms with Crippen LogP contribution in [0.4, 0.5) is 0 Å². The predicted molar refractivity (Wildman–Crippen MR) is 78.0 cm³/mol. The van der Waals surface area contributed by atoms with Crippen LogP contribution in [0.2, 0.25) is 0 Å². The van der Waals surface area contributed by atoms with Gasteiger partial charge in [0.15, 0.2) is 0 Å². The first-order chi connectivity index (χ1) is 8.24. The molecule has 0 amide bonds. The van der Waals surface area contributed by atoms with Gasteiger partial charge in [-0.15, -0.1) is 0 Å². The lowest BCUT2D eigenvalue weighted by Gasteiger charge is -2.06. The van der Waals surface area contributed by atoms with Crippen molar-refractivity contribution in [3.8, 4) is 0 Å². The van der Waals surface area contributed by atoms with Crippen molar-refractivity contribution in [2.75, 3.05) is 0 Å². The van der Waals surface area contributed by atoms with Gasteiger partial charge in [-0.3, -0.25) is 0 Å². The van der Waals surface area contributed by atoms with E-state index in [1.165, 1.54) is 22.3 Å². The van der Waals surface area contributed by atoms with Gasteiger partial charge in [-0.2, -0.15) is 0 Å². The highest BCUT2D eigenvalue weighted by Crippen LogP contribution is 2.20. The standard InChI is InChI=1S/C17H22/c1-5-14(6-2)12-16(8-4)17-11-9-10-15(7-3)13-17/h5,8-13H,1,6-7H2,2-4H3/b14-12+,16-8+. The first kappa shape index (κ1) is 13.5. The zero-order chi connectivity index (χ0) is 12.7. The molecule has 0 aliphatic heterocycles. The number of aryl methyl sites for hydroxylation is 1. The van der Waals surface area contributed by atoms with E-state index in [4.69, 9.17) is 0 Å². The molecule has 0 saturated heterocycles. The minimum absolute atomic E-state index is 1.02. The van der Waals surface area contributed by atoms with E-state index in [9.17, 15) is 0 Å². The molecule has 0 aromatic heterocycles. The summed E-state index contributed by atoms with van der Waals surface area (Å²) < 4.78 is 0. The van der Waals surface area contributed by atoms with Gasteiger partial charge in [0.05, 0.1) is 0 Å². The van der Waals surface area contributed by atoms with Crippen LogP contribution in [0.5, 0.6) is 0 Å². The molecule has 0 heterocycles. The van der Waals surface area contributed by atoms with Crippen molar-refractivity contribution in [2.24, 2.45) is 0 Å². The van der Waals surface area contributed by atoms with E-state index >= 15 is 0 Å². The number of rotatable bonds is 5. The van der Waals surface area contributed by atoms with Crippen LogP contribution in [0.1, 0.15) is 38.3 Å². The first-order valence-electron chi connectivity index (χ1n) is 6.33. The van der Waals surface area contributed by atoms with Crippen molar-refractivity contribution in [3.63, 3.8) is 0 Å². The molecule has 0 aliphatic carbocycles. The zero-order valence-electron chi connectivity index (χ0n) is 11.2. The second-order valence-electron chi connectivity index (χ2n) is 4.07. The van der Waals surface area contributed by atoms with Gasteiger partial charge >= 0.3 is 0 Å². The third-order valence-electron chi connectivity index (χ3n) is 2.99. The fourth-order valence-corrected chi connectivity index (χ4v) is 1.81. The van der Waals surface area contributed by atoms with Crippen LogP contribution in [0.25, 0.3) is 5.57 Å². The van der Waals surface area contributed by atoms with Gasteiger partial charge in [-0.1, -0.05) is 62.9 Å². The Balaban J connectivity index is 3.10. The number of hydrogen-bond donors (Lipinski definition) is 0. The minimum atomic E-state index is 1.02. The highest BCUT2D eigenvalue weighted by Gasteiger charge is 1.99. The summed E-state index contributed by atoms with van der Waals surface area (Å²) in [6.07, 6.45) is 8.42. The summed E-state index contributed by atoms with van der Waals surface area (Å²) >= 11 is 0.